The zero-order valence-electron chi connectivity index (χ0n) is 17.9. The van der Waals surface area contributed by atoms with Crippen molar-refractivity contribution in [3.05, 3.63) is 53.6 Å². The predicted octanol–water partition coefficient (Wildman–Crippen LogP) is 2.96. The van der Waals surface area contributed by atoms with E-state index in [4.69, 9.17) is 21.1 Å². The number of amides is 1. The first-order valence-corrected chi connectivity index (χ1v) is 11.9. The van der Waals surface area contributed by atoms with E-state index in [1.807, 2.05) is 0 Å². The Morgan fingerprint density at radius 3 is 2.16 bits per heavy atom. The van der Waals surface area contributed by atoms with Crippen LogP contribution in [0.25, 0.3) is 0 Å². The molecule has 2 aromatic rings. The standard InChI is InChI=1S/C22H25ClN2O6S/c1-30-19-7-9-20(10-8-19)32(28,29)25(18-5-3-17(23)4-6-18)15-21(26)24-13-11-16(12-14-24)22(27)31-2/h3-10,16H,11-15H2,1-2H3. The van der Waals surface area contributed by atoms with Gasteiger partial charge in [0.1, 0.15) is 12.3 Å². The maximum atomic E-state index is 13.4. The van der Waals surface area contributed by atoms with Crippen LogP contribution in [0.4, 0.5) is 5.69 Å². The van der Waals surface area contributed by atoms with Crippen LogP contribution in [0.15, 0.2) is 53.4 Å². The van der Waals surface area contributed by atoms with Crippen molar-refractivity contribution in [1.82, 2.24) is 4.90 Å². The number of sulfonamides is 1. The summed E-state index contributed by atoms with van der Waals surface area (Å²) in [6, 6.07) is 12.2. The van der Waals surface area contributed by atoms with Gasteiger partial charge in [0.2, 0.25) is 5.91 Å². The van der Waals surface area contributed by atoms with Crippen LogP contribution in [0.3, 0.4) is 0 Å². The number of ether oxygens (including phenoxy) is 2. The Labute approximate surface area is 192 Å². The minimum atomic E-state index is -4.04. The summed E-state index contributed by atoms with van der Waals surface area (Å²) in [5.41, 5.74) is 0.322. The summed E-state index contributed by atoms with van der Waals surface area (Å²) in [6.07, 6.45) is 0.954. The number of esters is 1. The van der Waals surface area contributed by atoms with Crippen LogP contribution < -0.4 is 9.04 Å². The van der Waals surface area contributed by atoms with Gasteiger partial charge in [-0.05, 0) is 61.4 Å². The van der Waals surface area contributed by atoms with Gasteiger partial charge in [-0.3, -0.25) is 13.9 Å². The van der Waals surface area contributed by atoms with Crippen LogP contribution in [0, 0.1) is 5.92 Å². The summed E-state index contributed by atoms with van der Waals surface area (Å²) in [4.78, 5) is 26.4. The highest BCUT2D eigenvalue weighted by molar-refractivity contribution is 7.92. The van der Waals surface area contributed by atoms with Crippen molar-refractivity contribution in [3.63, 3.8) is 0 Å². The number of halogens is 1. The van der Waals surface area contributed by atoms with Gasteiger partial charge >= 0.3 is 5.97 Å². The highest BCUT2D eigenvalue weighted by atomic mass is 35.5. The van der Waals surface area contributed by atoms with E-state index in [1.54, 1.807) is 41.3 Å². The third-order valence-electron chi connectivity index (χ3n) is 5.42. The number of anilines is 1. The molecule has 0 saturated carbocycles. The Morgan fingerprint density at radius 2 is 1.62 bits per heavy atom. The molecule has 0 aliphatic carbocycles. The number of carbonyl (C=O) groups excluding carboxylic acids is 2. The van der Waals surface area contributed by atoms with Crippen molar-refractivity contribution in [2.75, 3.05) is 38.2 Å². The number of benzene rings is 2. The van der Waals surface area contributed by atoms with Crippen molar-refractivity contribution in [1.29, 1.82) is 0 Å². The zero-order valence-corrected chi connectivity index (χ0v) is 19.4. The molecule has 2 aromatic carbocycles. The fourth-order valence-electron chi connectivity index (χ4n) is 3.55. The Kier molecular flexibility index (Phi) is 7.63. The van der Waals surface area contributed by atoms with Gasteiger partial charge in [0.25, 0.3) is 10.0 Å². The maximum absolute atomic E-state index is 13.4. The second-order valence-electron chi connectivity index (χ2n) is 7.34. The molecule has 0 unspecified atom stereocenters. The molecule has 0 spiro atoms. The lowest BCUT2D eigenvalue weighted by atomic mass is 9.97. The minimum Gasteiger partial charge on any atom is -0.497 e. The van der Waals surface area contributed by atoms with E-state index in [2.05, 4.69) is 0 Å². The second-order valence-corrected chi connectivity index (χ2v) is 9.64. The normalized spacial score (nSPS) is 14.7. The molecule has 3 rings (SSSR count). The molecule has 1 heterocycles. The minimum absolute atomic E-state index is 0.0328. The Hall–Kier alpha value is -2.78. The average Bonchev–Trinajstić information content (AvgIpc) is 2.82. The van der Waals surface area contributed by atoms with Crippen molar-refractivity contribution < 1.29 is 27.5 Å². The summed E-state index contributed by atoms with van der Waals surface area (Å²) in [7, 11) is -1.21. The van der Waals surface area contributed by atoms with Crippen molar-refractivity contribution in [2.24, 2.45) is 5.92 Å². The Balaban J connectivity index is 1.84. The number of rotatable bonds is 7. The summed E-state index contributed by atoms with van der Waals surface area (Å²) in [5.74, 6) is -0.367. The quantitative estimate of drug-likeness (QED) is 0.565. The van der Waals surface area contributed by atoms with E-state index in [9.17, 15) is 18.0 Å². The van der Waals surface area contributed by atoms with Crippen LogP contribution in [-0.4, -0.2) is 59.0 Å². The van der Waals surface area contributed by atoms with Gasteiger partial charge in [-0.25, -0.2) is 8.42 Å². The molecule has 8 nitrogen and oxygen atoms in total. The second kappa shape index (κ2) is 10.2. The lowest BCUT2D eigenvalue weighted by Gasteiger charge is -2.33. The highest BCUT2D eigenvalue weighted by Gasteiger charge is 2.32. The zero-order chi connectivity index (χ0) is 23.3. The Bertz CT molecular complexity index is 1050. The van der Waals surface area contributed by atoms with Gasteiger partial charge in [-0.2, -0.15) is 0 Å². The van der Waals surface area contributed by atoms with Gasteiger partial charge in [-0.1, -0.05) is 11.6 Å². The summed E-state index contributed by atoms with van der Waals surface area (Å²) < 4.78 is 37.8. The molecular formula is C22H25ClN2O6S. The number of piperidine rings is 1. The molecule has 172 valence electrons. The van der Waals surface area contributed by atoms with Gasteiger partial charge in [0.05, 0.1) is 30.7 Å². The van der Waals surface area contributed by atoms with E-state index < -0.39 is 10.0 Å². The monoisotopic (exact) mass is 480 g/mol. The molecule has 0 N–H and O–H groups in total. The SMILES string of the molecule is COC(=O)C1CCN(C(=O)CN(c2ccc(Cl)cc2)S(=O)(=O)c2ccc(OC)cc2)CC1. The van der Waals surface area contributed by atoms with Crippen LogP contribution in [0.1, 0.15) is 12.8 Å². The Morgan fingerprint density at radius 1 is 1.03 bits per heavy atom. The van der Waals surface area contributed by atoms with Crippen LogP contribution in [-0.2, 0) is 24.3 Å². The molecule has 0 radical (unpaired) electrons. The lowest BCUT2D eigenvalue weighted by molar-refractivity contribution is -0.148. The van der Waals surface area contributed by atoms with E-state index in [-0.39, 0.29) is 29.2 Å². The van der Waals surface area contributed by atoms with Gasteiger partial charge < -0.3 is 14.4 Å². The molecule has 0 atom stereocenters. The number of nitrogens with zero attached hydrogens (tertiary/aromatic N) is 2. The molecule has 1 amide bonds. The van der Waals surface area contributed by atoms with Gasteiger partial charge in [-0.15, -0.1) is 0 Å². The van der Waals surface area contributed by atoms with Crippen LogP contribution in [0.5, 0.6) is 5.75 Å². The largest absolute Gasteiger partial charge is 0.497 e. The van der Waals surface area contributed by atoms with E-state index >= 15 is 0 Å². The molecule has 10 heteroatoms. The topological polar surface area (TPSA) is 93.2 Å². The molecule has 1 aliphatic heterocycles. The van der Waals surface area contributed by atoms with Crippen molar-refractivity contribution >= 4 is 39.2 Å². The molecule has 32 heavy (non-hydrogen) atoms. The smallest absolute Gasteiger partial charge is 0.308 e. The third kappa shape index (κ3) is 5.34. The first-order chi connectivity index (χ1) is 15.3. The average molecular weight is 481 g/mol. The molecule has 0 bridgehead atoms. The summed E-state index contributed by atoms with van der Waals surface area (Å²) in [6.45, 7) is 0.337. The molecule has 0 aromatic heterocycles. The molecule has 1 fully saturated rings. The first kappa shape index (κ1) is 23.9. The summed E-state index contributed by atoms with van der Waals surface area (Å²) >= 11 is 5.96. The van der Waals surface area contributed by atoms with Crippen LogP contribution in [0.2, 0.25) is 5.02 Å². The lowest BCUT2D eigenvalue weighted by Crippen LogP contribution is -2.46. The fourth-order valence-corrected chi connectivity index (χ4v) is 5.09. The molecular weight excluding hydrogens is 456 g/mol. The maximum Gasteiger partial charge on any atom is 0.308 e. The third-order valence-corrected chi connectivity index (χ3v) is 7.46. The van der Waals surface area contributed by atoms with Crippen molar-refractivity contribution in [3.8, 4) is 5.75 Å². The number of carbonyl (C=O) groups is 2. The first-order valence-electron chi connectivity index (χ1n) is 10.0. The van der Waals surface area contributed by atoms with E-state index in [0.717, 1.165) is 4.31 Å². The van der Waals surface area contributed by atoms with Gasteiger partial charge in [0, 0.05) is 18.1 Å². The molecule has 1 aliphatic rings. The molecule has 1 saturated heterocycles. The van der Waals surface area contributed by atoms with E-state index in [0.29, 0.717) is 42.4 Å². The summed E-state index contributed by atoms with van der Waals surface area (Å²) in [5, 5.41) is 0.451. The van der Waals surface area contributed by atoms with Gasteiger partial charge in [0.15, 0.2) is 0 Å². The number of methoxy groups -OCH3 is 2. The van der Waals surface area contributed by atoms with Crippen LogP contribution >= 0.6 is 11.6 Å². The number of likely N-dealkylation sites (tertiary alicyclic amines) is 1. The highest BCUT2D eigenvalue weighted by Crippen LogP contribution is 2.27. The predicted molar refractivity (Wildman–Crippen MR) is 120 cm³/mol. The fraction of sp³-hybridized carbons (Fsp3) is 0.364. The number of hydrogen-bond acceptors (Lipinski definition) is 6. The van der Waals surface area contributed by atoms with E-state index in [1.165, 1.54) is 26.4 Å². The number of hydrogen-bond donors (Lipinski definition) is 0. The van der Waals surface area contributed by atoms with Crippen molar-refractivity contribution in [2.45, 2.75) is 17.7 Å².